The van der Waals surface area contributed by atoms with E-state index in [2.05, 4.69) is 25.2 Å². The molecule has 0 amide bonds. The Bertz CT molecular complexity index is 230. The normalized spacial score (nSPS) is 19.9. The van der Waals surface area contributed by atoms with E-state index in [-0.39, 0.29) is 0 Å². The van der Waals surface area contributed by atoms with Crippen LogP contribution in [-0.4, -0.2) is 25.8 Å². The summed E-state index contributed by atoms with van der Waals surface area (Å²) in [7, 11) is 1.85. The van der Waals surface area contributed by atoms with Gasteiger partial charge in [0.25, 0.3) is 0 Å². The van der Waals surface area contributed by atoms with Gasteiger partial charge in [-0.25, -0.2) is 0 Å². The molecule has 0 aromatic carbocycles. The predicted octanol–water partition coefficient (Wildman–Crippen LogP) is 1.94. The summed E-state index contributed by atoms with van der Waals surface area (Å²) in [6.45, 7) is 5.65. The quantitative estimate of drug-likeness (QED) is 0.653. The van der Waals surface area contributed by atoms with Crippen LogP contribution >= 0.6 is 0 Å². The number of nitriles is 1. The molecule has 0 spiro atoms. The largest absolute Gasteiger partial charge is 0.378 e. The highest BCUT2D eigenvalue weighted by Crippen LogP contribution is 2.39. The van der Waals surface area contributed by atoms with E-state index in [1.54, 1.807) is 0 Å². The molecule has 1 rings (SSSR count). The van der Waals surface area contributed by atoms with Crippen LogP contribution in [0.4, 0.5) is 0 Å². The van der Waals surface area contributed by atoms with Crippen LogP contribution in [-0.2, 0) is 4.74 Å². The molecule has 1 saturated carbocycles. The van der Waals surface area contributed by atoms with Gasteiger partial charge in [-0.2, -0.15) is 5.26 Å². The van der Waals surface area contributed by atoms with Crippen molar-refractivity contribution in [3.8, 4) is 6.07 Å². The highest BCUT2D eigenvalue weighted by molar-refractivity contribution is 5.14. The van der Waals surface area contributed by atoms with E-state index in [1.807, 2.05) is 7.05 Å². The van der Waals surface area contributed by atoms with Crippen LogP contribution in [0.25, 0.3) is 0 Å². The third-order valence-corrected chi connectivity index (χ3v) is 3.09. The van der Waals surface area contributed by atoms with Crippen LogP contribution < -0.4 is 5.32 Å². The maximum atomic E-state index is 9.20. The van der Waals surface area contributed by atoms with E-state index >= 15 is 0 Å². The fourth-order valence-corrected chi connectivity index (χ4v) is 1.70. The number of ether oxygens (including phenoxy) is 1. The lowest BCUT2D eigenvalue weighted by molar-refractivity contribution is 0.0769. The van der Waals surface area contributed by atoms with Crippen LogP contribution in [0, 0.1) is 23.2 Å². The molecule has 0 aromatic heterocycles. The van der Waals surface area contributed by atoms with Crippen LogP contribution in [0.15, 0.2) is 0 Å². The second kappa shape index (κ2) is 5.48. The molecule has 0 bridgehead atoms. The molecule has 1 N–H and O–H groups in total. The van der Waals surface area contributed by atoms with Crippen molar-refractivity contribution in [2.75, 3.05) is 20.3 Å². The molecule has 1 atom stereocenters. The molecule has 15 heavy (non-hydrogen) atoms. The molecule has 0 aliphatic heterocycles. The summed E-state index contributed by atoms with van der Waals surface area (Å²) in [6, 6.07) is 2.38. The third kappa shape index (κ3) is 3.48. The van der Waals surface area contributed by atoms with Crippen molar-refractivity contribution in [1.29, 1.82) is 5.26 Å². The lowest BCUT2D eigenvalue weighted by atomic mass is 9.96. The van der Waals surface area contributed by atoms with Gasteiger partial charge in [0.15, 0.2) is 0 Å². The maximum Gasteiger partial charge on any atom is 0.132 e. The zero-order valence-electron chi connectivity index (χ0n) is 10.0. The third-order valence-electron chi connectivity index (χ3n) is 3.09. The molecule has 1 fully saturated rings. The van der Waals surface area contributed by atoms with Gasteiger partial charge in [-0.3, -0.25) is 0 Å². The first-order valence-electron chi connectivity index (χ1n) is 5.82. The Kier molecular flexibility index (Phi) is 4.56. The van der Waals surface area contributed by atoms with Crippen LogP contribution in [0.3, 0.4) is 0 Å². The van der Waals surface area contributed by atoms with Gasteiger partial charge < -0.3 is 10.1 Å². The Labute approximate surface area is 92.8 Å². The van der Waals surface area contributed by atoms with Gasteiger partial charge >= 0.3 is 0 Å². The summed E-state index contributed by atoms with van der Waals surface area (Å²) in [4.78, 5) is 0. The molecular weight excluding hydrogens is 188 g/mol. The van der Waals surface area contributed by atoms with Gasteiger partial charge in [0.2, 0.25) is 0 Å². The van der Waals surface area contributed by atoms with Crippen molar-refractivity contribution in [3.05, 3.63) is 0 Å². The lowest BCUT2D eigenvalue weighted by Gasteiger charge is -2.25. The number of rotatable bonds is 7. The minimum absolute atomic E-state index is 0.434. The van der Waals surface area contributed by atoms with Crippen molar-refractivity contribution in [3.63, 3.8) is 0 Å². The van der Waals surface area contributed by atoms with Gasteiger partial charge in [0.05, 0.1) is 12.7 Å². The summed E-state index contributed by atoms with van der Waals surface area (Å²) < 4.78 is 5.61. The van der Waals surface area contributed by atoms with Gasteiger partial charge in [-0.15, -0.1) is 0 Å². The topological polar surface area (TPSA) is 45.0 Å². The summed E-state index contributed by atoms with van der Waals surface area (Å²) in [5.74, 6) is 1.16. The molecule has 86 valence electrons. The number of hydrogen-bond donors (Lipinski definition) is 1. The molecule has 3 nitrogen and oxygen atoms in total. The molecule has 0 heterocycles. The number of nitrogens with one attached hydrogen (secondary N) is 1. The molecule has 0 saturated heterocycles. The van der Waals surface area contributed by atoms with Crippen LogP contribution in [0.1, 0.15) is 33.1 Å². The van der Waals surface area contributed by atoms with Crippen molar-refractivity contribution >= 4 is 0 Å². The first kappa shape index (κ1) is 12.5. The predicted molar refractivity (Wildman–Crippen MR) is 60.4 cm³/mol. The Morgan fingerprint density at radius 2 is 2.20 bits per heavy atom. The number of hydrogen-bond acceptors (Lipinski definition) is 3. The van der Waals surface area contributed by atoms with E-state index in [4.69, 9.17) is 4.74 Å². The van der Waals surface area contributed by atoms with Gasteiger partial charge in [-0.05, 0) is 38.1 Å². The van der Waals surface area contributed by atoms with Crippen molar-refractivity contribution in [2.24, 2.45) is 11.8 Å². The summed E-state index contributed by atoms with van der Waals surface area (Å²) in [6.07, 6.45) is 3.37. The summed E-state index contributed by atoms with van der Waals surface area (Å²) in [5.41, 5.74) is -0.434. The average molecular weight is 210 g/mol. The fourth-order valence-electron chi connectivity index (χ4n) is 1.70. The molecule has 1 unspecified atom stereocenters. The Balaban J connectivity index is 2.29. The van der Waals surface area contributed by atoms with E-state index in [0.29, 0.717) is 18.4 Å². The molecule has 1 aliphatic rings. The molecule has 0 radical (unpaired) electrons. The Morgan fingerprint density at radius 1 is 1.53 bits per heavy atom. The van der Waals surface area contributed by atoms with Crippen molar-refractivity contribution in [1.82, 2.24) is 5.32 Å². The zero-order valence-corrected chi connectivity index (χ0v) is 10.0. The van der Waals surface area contributed by atoms with E-state index in [9.17, 15) is 5.26 Å². The fraction of sp³-hybridized carbons (Fsp3) is 0.917. The minimum atomic E-state index is -0.434. The smallest absolute Gasteiger partial charge is 0.132 e. The average Bonchev–Trinajstić information content (AvgIpc) is 3.03. The van der Waals surface area contributed by atoms with Gasteiger partial charge in [-0.1, -0.05) is 13.8 Å². The number of likely N-dealkylation sites (N-methyl/N-ethyl adjacent to an activating group) is 1. The van der Waals surface area contributed by atoms with Crippen LogP contribution in [0.2, 0.25) is 0 Å². The SMILES string of the molecule is CNC(C#N)(COCCC(C)C)C1CC1. The molecule has 0 aromatic rings. The second-order valence-electron chi connectivity index (χ2n) is 4.84. The van der Waals surface area contributed by atoms with Gasteiger partial charge in [0.1, 0.15) is 5.54 Å². The highest BCUT2D eigenvalue weighted by atomic mass is 16.5. The maximum absolute atomic E-state index is 9.20. The minimum Gasteiger partial charge on any atom is -0.378 e. The van der Waals surface area contributed by atoms with Gasteiger partial charge in [0, 0.05) is 6.61 Å². The lowest BCUT2D eigenvalue weighted by Crippen LogP contribution is -2.48. The molecule has 3 heteroatoms. The first-order valence-corrected chi connectivity index (χ1v) is 5.82. The van der Waals surface area contributed by atoms with Crippen LogP contribution in [0.5, 0.6) is 0 Å². The summed E-state index contributed by atoms with van der Waals surface area (Å²) >= 11 is 0. The Morgan fingerprint density at radius 3 is 2.60 bits per heavy atom. The van der Waals surface area contributed by atoms with E-state index in [1.165, 1.54) is 0 Å². The van der Waals surface area contributed by atoms with Crippen molar-refractivity contribution in [2.45, 2.75) is 38.6 Å². The zero-order chi connectivity index (χ0) is 11.3. The van der Waals surface area contributed by atoms with Crippen molar-refractivity contribution < 1.29 is 4.74 Å². The molecule has 1 aliphatic carbocycles. The van der Waals surface area contributed by atoms with E-state index in [0.717, 1.165) is 25.9 Å². The summed E-state index contributed by atoms with van der Waals surface area (Å²) in [5, 5.41) is 12.3. The second-order valence-corrected chi connectivity index (χ2v) is 4.84. The highest BCUT2D eigenvalue weighted by Gasteiger charge is 2.44. The monoisotopic (exact) mass is 210 g/mol. The Hall–Kier alpha value is -0.590. The number of nitrogens with zero attached hydrogens (tertiary/aromatic N) is 1. The first-order chi connectivity index (χ1) is 7.14. The standard InChI is InChI=1S/C12H22N2O/c1-10(2)6-7-15-9-12(8-13,14-3)11-4-5-11/h10-11,14H,4-7,9H2,1-3H3. The van der Waals surface area contributed by atoms with E-state index < -0.39 is 5.54 Å². The molecular formula is C12H22N2O.